The smallest absolute Gasteiger partial charge is 0.237 e. The van der Waals surface area contributed by atoms with Gasteiger partial charge >= 0.3 is 0 Å². The number of piperazine rings is 1. The minimum atomic E-state index is -1.03. The molecule has 0 aromatic carbocycles. The predicted molar refractivity (Wildman–Crippen MR) is 102 cm³/mol. The average molecular weight is 361 g/mol. The van der Waals surface area contributed by atoms with Gasteiger partial charge in [0.1, 0.15) is 5.41 Å². The molecule has 0 radical (unpaired) electrons. The molecule has 2 amide bonds. The molecule has 144 valence electrons. The maximum atomic E-state index is 13.0. The Kier molecular flexibility index (Phi) is 6.94. The Morgan fingerprint density at radius 3 is 2.08 bits per heavy atom. The summed E-state index contributed by atoms with van der Waals surface area (Å²) in [7, 11) is 0. The zero-order valence-corrected chi connectivity index (χ0v) is 16.4. The highest BCUT2D eigenvalue weighted by molar-refractivity contribution is 6.04. The Balaban J connectivity index is 2.00. The van der Waals surface area contributed by atoms with E-state index in [0.29, 0.717) is 45.2 Å². The summed E-state index contributed by atoms with van der Waals surface area (Å²) in [6, 6.07) is 1.79. The molecule has 2 rings (SSSR count). The van der Waals surface area contributed by atoms with Crippen LogP contribution in [0.1, 0.15) is 40.5 Å². The number of anilines is 1. The van der Waals surface area contributed by atoms with Crippen LogP contribution in [0.25, 0.3) is 0 Å². The topological polar surface area (TPSA) is 69.6 Å². The van der Waals surface area contributed by atoms with Crippen LogP contribution in [0.3, 0.4) is 0 Å². The van der Waals surface area contributed by atoms with E-state index < -0.39 is 5.41 Å². The van der Waals surface area contributed by atoms with Crippen molar-refractivity contribution in [2.45, 2.75) is 40.5 Å². The number of aromatic nitrogens is 2. The largest absolute Gasteiger partial charge is 0.342 e. The summed E-state index contributed by atoms with van der Waals surface area (Å²) in [4.78, 5) is 40.2. The predicted octanol–water partition coefficient (Wildman–Crippen LogP) is 1.80. The molecule has 26 heavy (non-hydrogen) atoms. The van der Waals surface area contributed by atoms with Crippen LogP contribution >= 0.6 is 0 Å². The zero-order chi connectivity index (χ0) is 19.2. The SMILES string of the molecule is CCCN(CCC)C(=O)C(C)(C)C(=O)N1CCN(c2ncccn2)CC1. The van der Waals surface area contributed by atoms with Gasteiger partial charge in [0.15, 0.2) is 0 Å². The summed E-state index contributed by atoms with van der Waals surface area (Å²) in [6.07, 6.45) is 5.23. The van der Waals surface area contributed by atoms with Crippen LogP contribution in [-0.4, -0.2) is 70.9 Å². The first kappa shape index (κ1) is 20.1. The molecule has 1 aliphatic heterocycles. The molecule has 1 fully saturated rings. The lowest BCUT2D eigenvalue weighted by atomic mass is 9.89. The van der Waals surface area contributed by atoms with Crippen molar-refractivity contribution in [3.8, 4) is 0 Å². The van der Waals surface area contributed by atoms with Crippen molar-refractivity contribution in [1.82, 2.24) is 19.8 Å². The van der Waals surface area contributed by atoms with Crippen LogP contribution in [0.4, 0.5) is 5.95 Å². The van der Waals surface area contributed by atoms with E-state index in [0.717, 1.165) is 12.8 Å². The standard InChI is InChI=1S/C19H31N5O2/c1-5-10-22(11-6-2)16(25)19(3,4)17(26)23-12-14-24(15-13-23)18-20-8-7-9-21-18/h7-9H,5-6,10-15H2,1-4H3. The lowest BCUT2D eigenvalue weighted by Gasteiger charge is -2.39. The van der Waals surface area contributed by atoms with Crippen LogP contribution < -0.4 is 4.90 Å². The first-order valence-corrected chi connectivity index (χ1v) is 9.52. The molecule has 1 aromatic rings. The molecule has 0 aliphatic carbocycles. The van der Waals surface area contributed by atoms with Crippen molar-refractivity contribution in [2.24, 2.45) is 5.41 Å². The molecular weight excluding hydrogens is 330 g/mol. The molecule has 1 aliphatic rings. The van der Waals surface area contributed by atoms with E-state index in [2.05, 4.69) is 28.7 Å². The van der Waals surface area contributed by atoms with Gasteiger partial charge in [-0.25, -0.2) is 9.97 Å². The maximum Gasteiger partial charge on any atom is 0.237 e. The Bertz CT molecular complexity index is 591. The highest BCUT2D eigenvalue weighted by Crippen LogP contribution is 2.24. The minimum absolute atomic E-state index is 0.0694. The fourth-order valence-corrected chi connectivity index (χ4v) is 3.30. The van der Waals surface area contributed by atoms with Crippen LogP contribution in [0.15, 0.2) is 18.5 Å². The van der Waals surface area contributed by atoms with Crippen molar-refractivity contribution in [3.05, 3.63) is 18.5 Å². The van der Waals surface area contributed by atoms with Gasteiger partial charge in [-0.15, -0.1) is 0 Å². The summed E-state index contributed by atoms with van der Waals surface area (Å²) < 4.78 is 0. The second-order valence-electron chi connectivity index (χ2n) is 7.25. The molecule has 0 spiro atoms. The van der Waals surface area contributed by atoms with Crippen molar-refractivity contribution >= 4 is 17.8 Å². The number of hydrogen-bond donors (Lipinski definition) is 0. The van der Waals surface area contributed by atoms with Gasteiger partial charge in [0.05, 0.1) is 0 Å². The molecule has 0 saturated carbocycles. The number of carbonyl (C=O) groups is 2. The average Bonchev–Trinajstić information content (AvgIpc) is 2.67. The third-order valence-corrected chi connectivity index (χ3v) is 4.75. The molecular formula is C19H31N5O2. The van der Waals surface area contributed by atoms with E-state index in [1.165, 1.54) is 0 Å². The number of nitrogens with zero attached hydrogens (tertiary/aromatic N) is 5. The van der Waals surface area contributed by atoms with Gasteiger partial charge < -0.3 is 14.7 Å². The van der Waals surface area contributed by atoms with Gasteiger partial charge in [0, 0.05) is 51.7 Å². The van der Waals surface area contributed by atoms with E-state index >= 15 is 0 Å². The molecule has 1 saturated heterocycles. The first-order chi connectivity index (χ1) is 12.4. The van der Waals surface area contributed by atoms with Crippen molar-refractivity contribution < 1.29 is 9.59 Å². The van der Waals surface area contributed by atoms with E-state index in [4.69, 9.17) is 0 Å². The van der Waals surface area contributed by atoms with Gasteiger partial charge in [-0.3, -0.25) is 9.59 Å². The van der Waals surface area contributed by atoms with E-state index in [1.54, 1.807) is 37.2 Å². The van der Waals surface area contributed by atoms with E-state index in [9.17, 15) is 9.59 Å². The third-order valence-electron chi connectivity index (χ3n) is 4.75. The molecule has 7 nitrogen and oxygen atoms in total. The summed E-state index contributed by atoms with van der Waals surface area (Å²) in [6.45, 7) is 11.5. The Morgan fingerprint density at radius 1 is 1.04 bits per heavy atom. The normalized spacial score (nSPS) is 15.1. The third kappa shape index (κ3) is 4.51. The Morgan fingerprint density at radius 2 is 1.58 bits per heavy atom. The van der Waals surface area contributed by atoms with Crippen LogP contribution in [-0.2, 0) is 9.59 Å². The highest BCUT2D eigenvalue weighted by atomic mass is 16.2. The molecule has 7 heteroatoms. The minimum Gasteiger partial charge on any atom is -0.342 e. The van der Waals surface area contributed by atoms with Crippen LogP contribution in [0.5, 0.6) is 0 Å². The van der Waals surface area contributed by atoms with Gasteiger partial charge in [0.2, 0.25) is 17.8 Å². The molecule has 0 unspecified atom stereocenters. The second kappa shape index (κ2) is 8.96. The van der Waals surface area contributed by atoms with Crippen LogP contribution in [0.2, 0.25) is 0 Å². The van der Waals surface area contributed by atoms with Gasteiger partial charge in [-0.2, -0.15) is 0 Å². The van der Waals surface area contributed by atoms with Gasteiger partial charge in [0.25, 0.3) is 0 Å². The van der Waals surface area contributed by atoms with Gasteiger partial charge in [-0.1, -0.05) is 13.8 Å². The highest BCUT2D eigenvalue weighted by Gasteiger charge is 2.42. The monoisotopic (exact) mass is 361 g/mol. The summed E-state index contributed by atoms with van der Waals surface area (Å²) in [5.41, 5.74) is -1.03. The Labute approximate surface area is 156 Å². The number of amides is 2. The van der Waals surface area contributed by atoms with E-state index in [1.807, 2.05) is 4.90 Å². The molecule has 1 aromatic heterocycles. The Hall–Kier alpha value is -2.18. The fourth-order valence-electron chi connectivity index (χ4n) is 3.30. The van der Waals surface area contributed by atoms with Crippen molar-refractivity contribution in [2.75, 3.05) is 44.2 Å². The summed E-state index contributed by atoms with van der Waals surface area (Å²) in [5.74, 6) is 0.528. The second-order valence-corrected chi connectivity index (χ2v) is 7.25. The van der Waals surface area contributed by atoms with Crippen molar-refractivity contribution in [1.29, 1.82) is 0 Å². The van der Waals surface area contributed by atoms with E-state index in [-0.39, 0.29) is 11.8 Å². The van der Waals surface area contributed by atoms with Crippen LogP contribution in [0, 0.1) is 5.41 Å². The number of carbonyl (C=O) groups excluding carboxylic acids is 2. The number of rotatable bonds is 7. The zero-order valence-electron chi connectivity index (χ0n) is 16.4. The van der Waals surface area contributed by atoms with Crippen molar-refractivity contribution in [3.63, 3.8) is 0 Å². The lowest BCUT2D eigenvalue weighted by Crippen LogP contribution is -2.56. The van der Waals surface area contributed by atoms with Gasteiger partial charge in [-0.05, 0) is 32.8 Å². The lowest BCUT2D eigenvalue weighted by molar-refractivity contribution is -0.154. The first-order valence-electron chi connectivity index (χ1n) is 9.52. The molecule has 0 bridgehead atoms. The number of hydrogen-bond acceptors (Lipinski definition) is 5. The maximum absolute atomic E-state index is 13.0. The summed E-state index contributed by atoms with van der Waals surface area (Å²) in [5, 5.41) is 0. The molecule has 0 atom stereocenters. The molecule has 2 heterocycles. The molecule has 0 N–H and O–H groups in total. The fraction of sp³-hybridized carbons (Fsp3) is 0.684. The quantitative estimate of drug-likeness (QED) is 0.693. The summed E-state index contributed by atoms with van der Waals surface area (Å²) >= 11 is 0.